The molecule has 0 spiro atoms. The van der Waals surface area contributed by atoms with Crippen LogP contribution in [0, 0.1) is 6.92 Å². The second-order valence-electron chi connectivity index (χ2n) is 9.03. The Labute approximate surface area is 214 Å². The third-order valence-electron chi connectivity index (χ3n) is 6.35. The largest absolute Gasteiger partial charge is 0.481 e. The summed E-state index contributed by atoms with van der Waals surface area (Å²) in [5, 5.41) is 40.4. The average Bonchev–Trinajstić information content (AvgIpc) is 3.52. The lowest BCUT2D eigenvalue weighted by molar-refractivity contribution is -0.170. The van der Waals surface area contributed by atoms with E-state index in [0.29, 0.717) is 6.04 Å². The predicted molar refractivity (Wildman–Crippen MR) is 134 cm³/mol. The van der Waals surface area contributed by atoms with Crippen molar-refractivity contribution in [3.05, 3.63) is 39.8 Å². The van der Waals surface area contributed by atoms with Crippen molar-refractivity contribution in [3.8, 4) is 0 Å². The van der Waals surface area contributed by atoms with Crippen molar-refractivity contribution in [2.75, 3.05) is 19.6 Å². The van der Waals surface area contributed by atoms with Crippen LogP contribution in [-0.2, 0) is 34.5 Å². The van der Waals surface area contributed by atoms with Crippen LogP contribution in [0.1, 0.15) is 48.7 Å². The molecular weight excluding hydrogens is 488 g/mol. The maximum Gasteiger partial charge on any atom is 0.336 e. The fourth-order valence-electron chi connectivity index (χ4n) is 4.28. The number of thiophene rings is 1. The van der Waals surface area contributed by atoms with Gasteiger partial charge in [0.25, 0.3) is 0 Å². The van der Waals surface area contributed by atoms with Crippen LogP contribution < -0.4 is 0 Å². The second-order valence-corrected chi connectivity index (χ2v) is 10.1. The maximum absolute atomic E-state index is 10.3. The van der Waals surface area contributed by atoms with Gasteiger partial charge in [0.2, 0.25) is 0 Å². The van der Waals surface area contributed by atoms with Crippen molar-refractivity contribution in [2.45, 2.75) is 64.3 Å². The van der Waals surface area contributed by atoms with Gasteiger partial charge in [0, 0.05) is 48.9 Å². The SMILES string of the molecule is CCN1CCCC1CN(Cc1cccs1)Cc1cnn(C)c1C.O=C(O)CC(O)(CC(=O)O)C(=O)O. The lowest BCUT2D eigenvalue weighted by Gasteiger charge is -2.30. The molecule has 3 rings (SSSR count). The van der Waals surface area contributed by atoms with Gasteiger partial charge < -0.3 is 20.4 Å². The molecule has 0 saturated carbocycles. The normalized spacial score (nSPS) is 16.1. The average molecular weight is 525 g/mol. The minimum atomic E-state index is -2.74. The van der Waals surface area contributed by atoms with Crippen LogP contribution in [0.4, 0.5) is 0 Å². The maximum atomic E-state index is 10.3. The number of carbonyl (C=O) groups is 3. The number of carboxylic acids is 3. The van der Waals surface area contributed by atoms with Gasteiger partial charge in [-0.2, -0.15) is 5.10 Å². The van der Waals surface area contributed by atoms with E-state index in [1.807, 2.05) is 29.3 Å². The third kappa shape index (κ3) is 8.70. The summed E-state index contributed by atoms with van der Waals surface area (Å²) in [4.78, 5) is 37.2. The van der Waals surface area contributed by atoms with Crippen molar-refractivity contribution in [3.63, 3.8) is 0 Å². The minimum absolute atomic E-state index is 0.705. The molecule has 1 aliphatic heterocycles. The first kappa shape index (κ1) is 29.4. The first-order valence-electron chi connectivity index (χ1n) is 11.8. The van der Waals surface area contributed by atoms with Crippen molar-refractivity contribution in [1.29, 1.82) is 0 Å². The van der Waals surface area contributed by atoms with Crippen LogP contribution in [0.2, 0.25) is 0 Å². The molecule has 12 heteroatoms. The molecule has 0 radical (unpaired) electrons. The highest BCUT2D eigenvalue weighted by Gasteiger charge is 2.40. The first-order valence-corrected chi connectivity index (χ1v) is 12.7. The molecule has 11 nitrogen and oxygen atoms in total. The number of aryl methyl sites for hydroxylation is 1. The van der Waals surface area contributed by atoms with Crippen LogP contribution in [-0.4, -0.2) is 89.2 Å². The van der Waals surface area contributed by atoms with Gasteiger partial charge in [0.05, 0.1) is 19.0 Å². The quantitative estimate of drug-likeness (QED) is 0.324. The fraction of sp³-hybridized carbons (Fsp3) is 0.583. The molecule has 36 heavy (non-hydrogen) atoms. The van der Waals surface area contributed by atoms with Gasteiger partial charge in [-0.3, -0.25) is 24.1 Å². The first-order chi connectivity index (χ1) is 16.9. The minimum Gasteiger partial charge on any atom is -0.481 e. The predicted octanol–water partition coefficient (Wildman–Crippen LogP) is 2.03. The van der Waals surface area contributed by atoms with Crippen molar-refractivity contribution in [1.82, 2.24) is 19.6 Å². The van der Waals surface area contributed by atoms with E-state index in [2.05, 4.69) is 46.3 Å². The number of rotatable bonds is 12. The Hall–Kier alpha value is -2.80. The molecule has 1 aliphatic rings. The number of nitrogens with zero attached hydrogens (tertiary/aromatic N) is 4. The summed E-state index contributed by atoms with van der Waals surface area (Å²) in [6, 6.07) is 5.11. The molecule has 200 valence electrons. The van der Waals surface area contributed by atoms with Crippen molar-refractivity contribution in [2.24, 2.45) is 7.05 Å². The van der Waals surface area contributed by atoms with E-state index in [1.165, 1.54) is 42.1 Å². The van der Waals surface area contributed by atoms with Crippen LogP contribution >= 0.6 is 11.3 Å². The van der Waals surface area contributed by atoms with Gasteiger partial charge >= 0.3 is 17.9 Å². The standard InChI is InChI=1S/C18H28N4S.C6H8O7/c1-4-22-9-5-7-17(22)13-21(14-18-8-6-10-23-18)12-16-11-19-20(3)15(16)2;7-3(8)1-6(13,5(11)12)2-4(9)10/h6,8,10-11,17H,4-5,7,9,12-14H2,1-3H3;13H,1-2H2,(H,7,8)(H,9,10)(H,11,12). The van der Waals surface area contributed by atoms with E-state index < -0.39 is 36.4 Å². The Morgan fingerprint density at radius 3 is 2.33 bits per heavy atom. The number of aromatic nitrogens is 2. The van der Waals surface area contributed by atoms with E-state index >= 15 is 0 Å². The Bertz CT molecular complexity index is 992. The smallest absolute Gasteiger partial charge is 0.336 e. The molecule has 1 unspecified atom stereocenters. The highest BCUT2D eigenvalue weighted by Crippen LogP contribution is 2.22. The second kappa shape index (κ2) is 13.5. The Morgan fingerprint density at radius 1 is 1.19 bits per heavy atom. The van der Waals surface area contributed by atoms with Crippen molar-refractivity contribution < 1.29 is 34.8 Å². The zero-order chi connectivity index (χ0) is 26.9. The topological polar surface area (TPSA) is 156 Å². The van der Waals surface area contributed by atoms with Gasteiger partial charge in [0.15, 0.2) is 5.60 Å². The van der Waals surface area contributed by atoms with Gasteiger partial charge in [-0.15, -0.1) is 11.3 Å². The molecule has 1 saturated heterocycles. The molecule has 2 aromatic rings. The Kier molecular flexibility index (Phi) is 11.0. The lowest BCUT2D eigenvalue weighted by atomic mass is 9.96. The summed E-state index contributed by atoms with van der Waals surface area (Å²) in [7, 11) is 2.03. The van der Waals surface area contributed by atoms with Gasteiger partial charge in [-0.05, 0) is 44.3 Å². The molecule has 0 aromatic carbocycles. The molecule has 1 fully saturated rings. The Morgan fingerprint density at radius 2 is 1.86 bits per heavy atom. The summed E-state index contributed by atoms with van der Waals surface area (Å²) in [6.07, 6.45) is 2.42. The third-order valence-corrected chi connectivity index (χ3v) is 7.21. The molecule has 0 aliphatic carbocycles. The number of hydrogen-bond acceptors (Lipinski definition) is 8. The zero-order valence-electron chi connectivity index (χ0n) is 21.0. The molecule has 2 aromatic heterocycles. The monoisotopic (exact) mass is 524 g/mol. The van der Waals surface area contributed by atoms with Crippen molar-refractivity contribution >= 4 is 29.2 Å². The van der Waals surface area contributed by atoms with Gasteiger partial charge in [0.1, 0.15) is 0 Å². The van der Waals surface area contributed by atoms with E-state index in [9.17, 15) is 14.4 Å². The molecule has 4 N–H and O–H groups in total. The fourth-order valence-corrected chi connectivity index (χ4v) is 5.02. The highest BCUT2D eigenvalue weighted by atomic mass is 32.1. The summed E-state index contributed by atoms with van der Waals surface area (Å²) in [6.45, 7) is 10.1. The molecular formula is C24H36N4O7S. The number of likely N-dealkylation sites (N-methyl/N-ethyl adjacent to an activating group) is 1. The van der Waals surface area contributed by atoms with Crippen LogP contribution in [0.15, 0.2) is 23.7 Å². The van der Waals surface area contributed by atoms with Gasteiger partial charge in [-0.1, -0.05) is 13.0 Å². The molecule has 1 atom stereocenters. The summed E-state index contributed by atoms with van der Waals surface area (Å²) in [5.74, 6) is -5.02. The molecule has 0 bridgehead atoms. The summed E-state index contributed by atoms with van der Waals surface area (Å²) in [5.41, 5.74) is -0.109. The van der Waals surface area contributed by atoms with Crippen LogP contribution in [0.3, 0.4) is 0 Å². The van der Waals surface area contributed by atoms with E-state index in [0.717, 1.165) is 19.6 Å². The Balaban J connectivity index is 0.000000302. The van der Waals surface area contributed by atoms with Gasteiger partial charge in [-0.25, -0.2) is 4.79 Å². The van der Waals surface area contributed by atoms with Crippen LogP contribution in [0.25, 0.3) is 0 Å². The summed E-state index contributed by atoms with van der Waals surface area (Å²) >= 11 is 1.86. The van der Waals surface area contributed by atoms with E-state index in [-0.39, 0.29) is 0 Å². The molecule has 0 amide bonds. The number of carboxylic acid groups (broad SMARTS) is 3. The highest BCUT2D eigenvalue weighted by molar-refractivity contribution is 7.09. The number of aliphatic hydroxyl groups is 1. The molecule has 3 heterocycles. The number of likely N-dealkylation sites (tertiary alicyclic amines) is 1. The lowest BCUT2D eigenvalue weighted by Crippen LogP contribution is -2.42. The van der Waals surface area contributed by atoms with E-state index in [4.69, 9.17) is 20.4 Å². The van der Waals surface area contributed by atoms with Crippen LogP contribution in [0.5, 0.6) is 0 Å². The summed E-state index contributed by atoms with van der Waals surface area (Å²) < 4.78 is 1.98. The zero-order valence-corrected chi connectivity index (χ0v) is 21.8. The van der Waals surface area contributed by atoms with E-state index in [1.54, 1.807) is 0 Å². The number of aliphatic carboxylic acids is 3. The number of hydrogen-bond donors (Lipinski definition) is 4.